The highest BCUT2D eigenvalue weighted by Crippen LogP contribution is 2.17. The molecule has 0 radical (unpaired) electrons. The van der Waals surface area contributed by atoms with E-state index in [-0.39, 0.29) is 5.91 Å². The Balaban J connectivity index is 2.12. The summed E-state index contributed by atoms with van der Waals surface area (Å²) in [6.07, 6.45) is -1.07. The summed E-state index contributed by atoms with van der Waals surface area (Å²) in [5, 5.41) is 29.0. The van der Waals surface area contributed by atoms with Gasteiger partial charge in [-0.05, 0) is 24.6 Å². The normalized spacial score (nSPS) is 14.6. The number of nitrogens with zero attached hydrogens (tertiary/aromatic N) is 2. The average Bonchev–Trinajstić information content (AvgIpc) is 2.65. The summed E-state index contributed by atoms with van der Waals surface area (Å²) in [6, 6.07) is 18.8. The molecule has 0 spiro atoms. The quantitative estimate of drug-likeness (QED) is 0.499. The SMILES string of the molecule is CC(=O)N[C@H](C)[C@H](O)[C@@H](O)C=NN(Cc1ccccc1)c1ccccc1. The topological polar surface area (TPSA) is 85.2 Å². The summed E-state index contributed by atoms with van der Waals surface area (Å²) in [4.78, 5) is 11.1. The molecule has 6 nitrogen and oxygen atoms in total. The number of hydrazone groups is 1. The van der Waals surface area contributed by atoms with Crippen LogP contribution in [-0.2, 0) is 11.3 Å². The van der Waals surface area contributed by atoms with E-state index in [1.807, 2.05) is 60.7 Å². The van der Waals surface area contributed by atoms with E-state index in [1.165, 1.54) is 13.1 Å². The molecule has 0 saturated carbocycles. The molecule has 2 aromatic carbocycles. The van der Waals surface area contributed by atoms with Crippen LogP contribution in [0.25, 0.3) is 0 Å². The molecule has 0 aromatic heterocycles. The third-order valence-electron chi connectivity index (χ3n) is 3.88. The number of carbonyl (C=O) groups is 1. The lowest BCUT2D eigenvalue weighted by Gasteiger charge is -2.23. The van der Waals surface area contributed by atoms with Gasteiger partial charge in [0, 0.05) is 6.92 Å². The minimum atomic E-state index is -1.21. The number of carbonyl (C=O) groups excluding carboxylic acids is 1. The predicted molar refractivity (Wildman–Crippen MR) is 103 cm³/mol. The van der Waals surface area contributed by atoms with E-state index in [0.29, 0.717) is 6.54 Å². The number of amides is 1. The summed E-state index contributed by atoms with van der Waals surface area (Å²) < 4.78 is 0. The Hall–Kier alpha value is -2.70. The molecule has 0 bridgehead atoms. The molecule has 6 heteroatoms. The Labute approximate surface area is 153 Å². The standard InChI is InChI=1S/C20H25N3O3/c1-15(22-16(2)24)20(26)19(25)13-21-23(18-11-7-4-8-12-18)14-17-9-5-3-6-10-17/h3-13,15,19-20,25-26H,14H2,1-2H3,(H,22,24)/t15-,19+,20+/m1/s1. The predicted octanol–water partition coefficient (Wildman–Crippen LogP) is 1.93. The van der Waals surface area contributed by atoms with Gasteiger partial charge in [-0.3, -0.25) is 9.80 Å². The highest BCUT2D eigenvalue weighted by molar-refractivity contribution is 5.73. The number of hydrogen-bond acceptors (Lipinski definition) is 5. The van der Waals surface area contributed by atoms with Crippen molar-refractivity contribution in [3.05, 3.63) is 66.2 Å². The molecule has 3 N–H and O–H groups in total. The second kappa shape index (κ2) is 9.70. The fourth-order valence-corrected chi connectivity index (χ4v) is 2.49. The summed E-state index contributed by atoms with van der Waals surface area (Å²) in [5.74, 6) is -0.268. The number of nitrogens with one attached hydrogen (secondary N) is 1. The van der Waals surface area contributed by atoms with E-state index in [1.54, 1.807) is 11.9 Å². The van der Waals surface area contributed by atoms with Crippen LogP contribution in [0, 0.1) is 0 Å². The van der Waals surface area contributed by atoms with E-state index in [9.17, 15) is 15.0 Å². The first kappa shape index (κ1) is 19.6. The van der Waals surface area contributed by atoms with Gasteiger partial charge in [-0.2, -0.15) is 5.10 Å². The van der Waals surface area contributed by atoms with Crippen LogP contribution in [0.4, 0.5) is 5.69 Å². The molecule has 0 heterocycles. The van der Waals surface area contributed by atoms with Gasteiger partial charge < -0.3 is 15.5 Å². The second-order valence-electron chi connectivity index (χ2n) is 6.11. The number of para-hydroxylation sites is 1. The number of aliphatic hydroxyl groups is 2. The largest absolute Gasteiger partial charge is 0.388 e. The van der Waals surface area contributed by atoms with Crippen LogP contribution >= 0.6 is 0 Å². The first-order valence-corrected chi connectivity index (χ1v) is 8.51. The molecule has 0 aliphatic carbocycles. The Morgan fingerprint density at radius 2 is 1.69 bits per heavy atom. The van der Waals surface area contributed by atoms with Crippen LogP contribution in [0.15, 0.2) is 65.8 Å². The molecular formula is C20H25N3O3. The molecule has 0 fully saturated rings. The Bertz CT molecular complexity index is 707. The third-order valence-corrected chi connectivity index (χ3v) is 3.88. The maximum Gasteiger partial charge on any atom is 0.217 e. The van der Waals surface area contributed by atoms with E-state index in [4.69, 9.17) is 0 Å². The molecule has 1 amide bonds. The zero-order chi connectivity index (χ0) is 18.9. The van der Waals surface area contributed by atoms with Crippen LogP contribution in [-0.4, -0.2) is 40.6 Å². The van der Waals surface area contributed by atoms with Crippen molar-refractivity contribution in [1.82, 2.24) is 5.32 Å². The van der Waals surface area contributed by atoms with Gasteiger partial charge in [-0.1, -0.05) is 48.5 Å². The first-order chi connectivity index (χ1) is 12.5. The van der Waals surface area contributed by atoms with Crippen LogP contribution in [0.2, 0.25) is 0 Å². The van der Waals surface area contributed by atoms with Crippen molar-refractivity contribution in [2.24, 2.45) is 5.10 Å². The smallest absolute Gasteiger partial charge is 0.217 e. The highest BCUT2D eigenvalue weighted by Gasteiger charge is 2.22. The lowest BCUT2D eigenvalue weighted by Crippen LogP contribution is -2.46. The van der Waals surface area contributed by atoms with Crippen molar-refractivity contribution in [2.75, 3.05) is 5.01 Å². The number of rotatable bonds is 8. The van der Waals surface area contributed by atoms with Gasteiger partial charge in [0.1, 0.15) is 12.2 Å². The fraction of sp³-hybridized carbons (Fsp3) is 0.300. The van der Waals surface area contributed by atoms with E-state index < -0.39 is 18.2 Å². The lowest BCUT2D eigenvalue weighted by atomic mass is 10.1. The third kappa shape index (κ3) is 5.98. The van der Waals surface area contributed by atoms with Gasteiger partial charge in [0.2, 0.25) is 5.91 Å². The summed E-state index contributed by atoms with van der Waals surface area (Å²) >= 11 is 0. The minimum Gasteiger partial charge on any atom is -0.388 e. The summed E-state index contributed by atoms with van der Waals surface area (Å²) in [5.41, 5.74) is 1.93. The van der Waals surface area contributed by atoms with Gasteiger partial charge >= 0.3 is 0 Å². The molecule has 0 aliphatic rings. The molecule has 0 aliphatic heterocycles. The van der Waals surface area contributed by atoms with E-state index in [2.05, 4.69) is 10.4 Å². The van der Waals surface area contributed by atoms with Crippen molar-refractivity contribution < 1.29 is 15.0 Å². The van der Waals surface area contributed by atoms with Gasteiger partial charge in [-0.15, -0.1) is 0 Å². The lowest BCUT2D eigenvalue weighted by molar-refractivity contribution is -0.120. The number of benzene rings is 2. The van der Waals surface area contributed by atoms with Crippen molar-refractivity contribution >= 4 is 17.8 Å². The number of anilines is 1. The molecule has 0 saturated heterocycles. The Morgan fingerprint density at radius 3 is 2.27 bits per heavy atom. The Kier molecular flexibility index (Phi) is 7.32. The van der Waals surface area contributed by atoms with Crippen molar-refractivity contribution in [3.63, 3.8) is 0 Å². The zero-order valence-corrected chi connectivity index (χ0v) is 15.0. The van der Waals surface area contributed by atoms with Gasteiger partial charge in [0.05, 0.1) is 24.5 Å². The fourth-order valence-electron chi connectivity index (χ4n) is 2.49. The Morgan fingerprint density at radius 1 is 1.12 bits per heavy atom. The minimum absolute atomic E-state index is 0.268. The number of aliphatic hydroxyl groups excluding tert-OH is 2. The maximum absolute atomic E-state index is 11.1. The van der Waals surface area contributed by atoms with Crippen molar-refractivity contribution in [1.29, 1.82) is 0 Å². The summed E-state index contributed by atoms with van der Waals surface area (Å²) in [7, 11) is 0. The zero-order valence-electron chi connectivity index (χ0n) is 15.0. The van der Waals surface area contributed by atoms with Crippen LogP contribution in [0.3, 0.4) is 0 Å². The summed E-state index contributed by atoms with van der Waals surface area (Å²) in [6.45, 7) is 3.51. The van der Waals surface area contributed by atoms with Crippen LogP contribution in [0.5, 0.6) is 0 Å². The van der Waals surface area contributed by atoms with Gasteiger partial charge in [0.25, 0.3) is 0 Å². The molecule has 0 unspecified atom stereocenters. The maximum atomic E-state index is 11.1. The molecule has 26 heavy (non-hydrogen) atoms. The van der Waals surface area contributed by atoms with Gasteiger partial charge in [-0.25, -0.2) is 0 Å². The molecule has 3 atom stereocenters. The van der Waals surface area contributed by atoms with Gasteiger partial charge in [0.15, 0.2) is 0 Å². The molecule has 2 aromatic rings. The van der Waals surface area contributed by atoms with E-state index >= 15 is 0 Å². The van der Waals surface area contributed by atoms with Crippen molar-refractivity contribution in [3.8, 4) is 0 Å². The second-order valence-corrected chi connectivity index (χ2v) is 6.11. The highest BCUT2D eigenvalue weighted by atomic mass is 16.3. The molecular weight excluding hydrogens is 330 g/mol. The number of hydrogen-bond donors (Lipinski definition) is 3. The first-order valence-electron chi connectivity index (χ1n) is 8.51. The molecule has 2 rings (SSSR count). The van der Waals surface area contributed by atoms with Crippen LogP contribution < -0.4 is 10.3 Å². The van der Waals surface area contributed by atoms with Crippen molar-refractivity contribution in [2.45, 2.75) is 38.6 Å². The van der Waals surface area contributed by atoms with Crippen LogP contribution in [0.1, 0.15) is 19.4 Å². The monoisotopic (exact) mass is 355 g/mol. The molecule has 138 valence electrons. The van der Waals surface area contributed by atoms with E-state index in [0.717, 1.165) is 11.3 Å². The average molecular weight is 355 g/mol.